The molecule has 0 radical (unpaired) electrons. The molecule has 4 aromatic rings. The second-order valence-corrected chi connectivity index (χ2v) is 9.87. The molecule has 5 rings (SSSR count). The van der Waals surface area contributed by atoms with Gasteiger partial charge in [0, 0.05) is 17.8 Å². The van der Waals surface area contributed by atoms with Crippen LogP contribution in [0.25, 0.3) is 0 Å². The van der Waals surface area contributed by atoms with Gasteiger partial charge in [0.15, 0.2) is 12.1 Å². The van der Waals surface area contributed by atoms with Gasteiger partial charge < -0.3 is 20.1 Å². The van der Waals surface area contributed by atoms with Gasteiger partial charge in [-0.2, -0.15) is 0 Å². The number of amides is 3. The number of carbonyl (C=O) groups is 3. The number of hydrogen-bond donors (Lipinski definition) is 2. The molecule has 1 aliphatic rings. The predicted octanol–water partition coefficient (Wildman–Crippen LogP) is 5.63. The van der Waals surface area contributed by atoms with Crippen molar-refractivity contribution in [3.8, 4) is 5.75 Å². The molecule has 208 valence electrons. The molecule has 0 aromatic heterocycles. The zero-order valence-electron chi connectivity index (χ0n) is 22.9. The Morgan fingerprint density at radius 3 is 2.32 bits per heavy atom. The SMILES string of the molecule is COc1cccc(C(=O)Nc2ccc([C@@H]3OC(=O)N(Cc4ccc(C)cc4)[C@@H]3C(=O)NCc3ccccc3)cc2)c1. The first kappa shape index (κ1) is 27.5. The van der Waals surface area contributed by atoms with E-state index >= 15 is 0 Å². The average Bonchev–Trinajstić information content (AvgIpc) is 3.33. The van der Waals surface area contributed by atoms with E-state index in [0.29, 0.717) is 29.1 Å². The van der Waals surface area contributed by atoms with E-state index in [1.165, 1.54) is 4.90 Å². The van der Waals surface area contributed by atoms with Crippen LogP contribution in [0.3, 0.4) is 0 Å². The minimum Gasteiger partial charge on any atom is -0.497 e. The van der Waals surface area contributed by atoms with E-state index in [-0.39, 0.29) is 18.4 Å². The fourth-order valence-electron chi connectivity index (χ4n) is 4.71. The quantitative estimate of drug-likeness (QED) is 0.282. The number of anilines is 1. The van der Waals surface area contributed by atoms with Crippen molar-refractivity contribution in [1.82, 2.24) is 10.2 Å². The van der Waals surface area contributed by atoms with Crippen LogP contribution in [0.1, 0.15) is 38.7 Å². The average molecular weight is 550 g/mol. The van der Waals surface area contributed by atoms with E-state index in [4.69, 9.17) is 9.47 Å². The fraction of sp³-hybridized carbons (Fsp3) is 0.182. The number of benzene rings is 4. The highest BCUT2D eigenvalue weighted by Gasteiger charge is 2.46. The minimum absolute atomic E-state index is 0.230. The van der Waals surface area contributed by atoms with Crippen LogP contribution >= 0.6 is 0 Å². The normalized spacial score (nSPS) is 16.1. The fourth-order valence-corrected chi connectivity index (χ4v) is 4.71. The molecular weight excluding hydrogens is 518 g/mol. The first-order chi connectivity index (χ1) is 19.9. The monoisotopic (exact) mass is 549 g/mol. The zero-order chi connectivity index (χ0) is 28.8. The van der Waals surface area contributed by atoms with E-state index in [1.54, 1.807) is 55.6 Å². The molecule has 1 fully saturated rings. The number of carbonyl (C=O) groups excluding carboxylic acids is 3. The van der Waals surface area contributed by atoms with Crippen molar-refractivity contribution in [2.24, 2.45) is 0 Å². The number of aryl methyl sites for hydroxylation is 1. The number of nitrogens with zero attached hydrogens (tertiary/aromatic N) is 1. The molecule has 2 atom stereocenters. The Morgan fingerprint density at radius 2 is 1.61 bits per heavy atom. The summed E-state index contributed by atoms with van der Waals surface area (Å²) < 4.78 is 11.0. The number of rotatable bonds is 9. The third-order valence-electron chi connectivity index (χ3n) is 6.97. The zero-order valence-corrected chi connectivity index (χ0v) is 22.9. The third kappa shape index (κ3) is 6.55. The Kier molecular flexibility index (Phi) is 8.29. The summed E-state index contributed by atoms with van der Waals surface area (Å²) >= 11 is 0. The number of ether oxygens (including phenoxy) is 2. The highest BCUT2D eigenvalue weighted by Crippen LogP contribution is 2.34. The maximum Gasteiger partial charge on any atom is 0.411 e. The van der Waals surface area contributed by atoms with Gasteiger partial charge in [-0.25, -0.2) is 4.79 Å². The van der Waals surface area contributed by atoms with Gasteiger partial charge in [0.1, 0.15) is 5.75 Å². The largest absolute Gasteiger partial charge is 0.497 e. The van der Waals surface area contributed by atoms with Crippen LogP contribution in [0.15, 0.2) is 103 Å². The van der Waals surface area contributed by atoms with Crippen molar-refractivity contribution < 1.29 is 23.9 Å². The Balaban J connectivity index is 1.35. The highest BCUT2D eigenvalue weighted by molar-refractivity contribution is 6.04. The van der Waals surface area contributed by atoms with E-state index in [0.717, 1.165) is 16.7 Å². The van der Waals surface area contributed by atoms with Crippen LogP contribution in [-0.2, 0) is 22.6 Å². The molecule has 8 nitrogen and oxygen atoms in total. The summed E-state index contributed by atoms with van der Waals surface area (Å²) in [6.07, 6.45) is -1.39. The molecule has 0 aliphatic carbocycles. The number of methoxy groups -OCH3 is 1. The molecule has 1 saturated heterocycles. The van der Waals surface area contributed by atoms with Crippen LogP contribution in [0.5, 0.6) is 5.75 Å². The van der Waals surface area contributed by atoms with Gasteiger partial charge in [-0.05, 0) is 53.9 Å². The van der Waals surface area contributed by atoms with Gasteiger partial charge in [-0.15, -0.1) is 0 Å². The van der Waals surface area contributed by atoms with Crippen LogP contribution < -0.4 is 15.4 Å². The molecule has 2 N–H and O–H groups in total. The van der Waals surface area contributed by atoms with E-state index < -0.39 is 18.2 Å². The molecule has 41 heavy (non-hydrogen) atoms. The summed E-state index contributed by atoms with van der Waals surface area (Å²) in [5.41, 5.74) is 4.61. The third-order valence-corrected chi connectivity index (χ3v) is 6.97. The maximum atomic E-state index is 13.6. The summed E-state index contributed by atoms with van der Waals surface area (Å²) in [6, 6.07) is 30.3. The molecule has 0 unspecified atom stereocenters. The van der Waals surface area contributed by atoms with Crippen molar-refractivity contribution in [3.05, 3.63) is 131 Å². The summed E-state index contributed by atoms with van der Waals surface area (Å²) in [7, 11) is 1.54. The first-order valence-electron chi connectivity index (χ1n) is 13.3. The van der Waals surface area contributed by atoms with Gasteiger partial charge >= 0.3 is 6.09 Å². The highest BCUT2D eigenvalue weighted by atomic mass is 16.6. The molecule has 8 heteroatoms. The summed E-state index contributed by atoms with van der Waals surface area (Å²) in [4.78, 5) is 40.9. The van der Waals surface area contributed by atoms with Gasteiger partial charge in [0.25, 0.3) is 5.91 Å². The van der Waals surface area contributed by atoms with Crippen molar-refractivity contribution in [3.63, 3.8) is 0 Å². The predicted molar refractivity (Wildman–Crippen MR) is 155 cm³/mol. The Hall–Kier alpha value is -5.11. The maximum absolute atomic E-state index is 13.6. The minimum atomic E-state index is -0.884. The van der Waals surface area contributed by atoms with Crippen LogP contribution in [0.2, 0.25) is 0 Å². The van der Waals surface area contributed by atoms with Crippen LogP contribution in [0.4, 0.5) is 10.5 Å². The van der Waals surface area contributed by atoms with Gasteiger partial charge in [-0.1, -0.05) is 78.4 Å². The van der Waals surface area contributed by atoms with E-state index in [2.05, 4.69) is 10.6 Å². The topological polar surface area (TPSA) is 97.0 Å². The van der Waals surface area contributed by atoms with Gasteiger partial charge in [0.05, 0.1) is 13.7 Å². The number of cyclic esters (lactones) is 1. The Labute approximate surface area is 238 Å². The van der Waals surface area contributed by atoms with E-state index in [1.807, 2.05) is 61.5 Å². The first-order valence-corrected chi connectivity index (χ1v) is 13.3. The standard InChI is InChI=1S/C33H31N3O5/c1-22-11-13-24(14-12-22)21-36-29(32(38)34-20-23-7-4-3-5-8-23)30(41-33(36)39)25-15-17-27(18-16-25)35-31(37)26-9-6-10-28(19-26)40-2/h3-19,29-30H,20-21H2,1-2H3,(H,34,38)(H,35,37)/t29-,30-/m0/s1. The lowest BCUT2D eigenvalue weighted by molar-refractivity contribution is -0.126. The van der Waals surface area contributed by atoms with Crippen LogP contribution in [-0.4, -0.2) is 36.0 Å². The summed E-state index contributed by atoms with van der Waals surface area (Å²) in [5.74, 6) is -0.0126. The smallest absolute Gasteiger partial charge is 0.411 e. The second kappa shape index (κ2) is 12.4. The number of hydrogen-bond acceptors (Lipinski definition) is 5. The Morgan fingerprint density at radius 1 is 0.878 bits per heavy atom. The molecule has 0 bridgehead atoms. The van der Waals surface area contributed by atoms with Crippen molar-refractivity contribution >= 4 is 23.6 Å². The summed E-state index contributed by atoms with van der Waals surface area (Å²) in [5, 5.41) is 5.83. The number of nitrogens with one attached hydrogen (secondary N) is 2. The van der Waals surface area contributed by atoms with Crippen molar-refractivity contribution in [2.75, 3.05) is 12.4 Å². The Bertz CT molecular complexity index is 1520. The molecule has 0 saturated carbocycles. The van der Waals surface area contributed by atoms with Crippen molar-refractivity contribution in [2.45, 2.75) is 32.2 Å². The molecule has 1 heterocycles. The van der Waals surface area contributed by atoms with Crippen molar-refractivity contribution in [1.29, 1.82) is 0 Å². The lowest BCUT2D eigenvalue weighted by Gasteiger charge is -2.24. The lowest BCUT2D eigenvalue weighted by atomic mass is 10.00. The van der Waals surface area contributed by atoms with Gasteiger partial charge in [-0.3, -0.25) is 14.5 Å². The summed E-state index contributed by atoms with van der Waals surface area (Å²) in [6.45, 7) is 2.55. The molecule has 3 amide bonds. The van der Waals surface area contributed by atoms with Crippen LogP contribution in [0, 0.1) is 6.92 Å². The van der Waals surface area contributed by atoms with E-state index in [9.17, 15) is 14.4 Å². The molecular formula is C33H31N3O5. The van der Waals surface area contributed by atoms with Gasteiger partial charge in [0.2, 0.25) is 5.91 Å². The second-order valence-electron chi connectivity index (χ2n) is 9.87. The molecule has 1 aliphatic heterocycles. The molecule has 4 aromatic carbocycles. The lowest BCUT2D eigenvalue weighted by Crippen LogP contribution is -2.46. The molecule has 0 spiro atoms.